The van der Waals surface area contributed by atoms with Crippen molar-refractivity contribution in [1.29, 1.82) is 0 Å². The molecule has 2 heterocycles. The molecule has 1 aromatic heterocycles. The molecule has 9 heteroatoms. The smallest absolute Gasteiger partial charge is 0.243 e. The molecule has 1 aliphatic rings. The summed E-state index contributed by atoms with van der Waals surface area (Å²) in [5, 5.41) is 1.41. The van der Waals surface area contributed by atoms with Crippen LogP contribution in [0.4, 0.5) is 5.13 Å². The van der Waals surface area contributed by atoms with E-state index in [0.717, 1.165) is 21.1 Å². The molecular weight excluding hydrogens is 406 g/mol. The van der Waals surface area contributed by atoms with E-state index in [-0.39, 0.29) is 4.90 Å². The Morgan fingerprint density at radius 3 is 2.44 bits per heavy atom. The minimum absolute atomic E-state index is 0.269. The Kier molecular flexibility index (Phi) is 4.98. The average molecular weight is 424 g/mol. The van der Waals surface area contributed by atoms with Gasteiger partial charge in [0.15, 0.2) is 5.13 Å². The van der Waals surface area contributed by atoms with Crippen LogP contribution in [0.3, 0.4) is 0 Å². The zero-order valence-electron chi connectivity index (χ0n) is 14.6. The Labute approximate surface area is 167 Å². The number of thiazole rings is 1. The molecule has 0 unspecified atom stereocenters. The van der Waals surface area contributed by atoms with E-state index in [4.69, 9.17) is 21.3 Å². The molecule has 142 valence electrons. The third-order valence-corrected chi connectivity index (χ3v) is 7.80. The molecule has 0 aliphatic carbocycles. The summed E-state index contributed by atoms with van der Waals surface area (Å²) < 4.78 is 33.5. The first kappa shape index (κ1) is 18.5. The monoisotopic (exact) mass is 423 g/mol. The highest BCUT2D eigenvalue weighted by atomic mass is 35.5. The fraction of sp³-hybridized carbons (Fsp3) is 0.278. The van der Waals surface area contributed by atoms with Crippen LogP contribution in [0.5, 0.6) is 5.75 Å². The largest absolute Gasteiger partial charge is 0.494 e. The first-order valence-corrected chi connectivity index (χ1v) is 11.1. The number of methoxy groups -OCH3 is 1. The molecule has 0 radical (unpaired) electrons. The summed E-state index contributed by atoms with van der Waals surface area (Å²) in [7, 11) is -1.88. The fourth-order valence-electron chi connectivity index (χ4n) is 3.09. The third-order valence-electron chi connectivity index (χ3n) is 4.55. The maximum atomic E-state index is 12.8. The maximum Gasteiger partial charge on any atom is 0.243 e. The van der Waals surface area contributed by atoms with Crippen molar-refractivity contribution in [1.82, 2.24) is 9.29 Å². The van der Waals surface area contributed by atoms with Crippen LogP contribution in [-0.2, 0) is 10.0 Å². The number of aromatic nitrogens is 1. The molecule has 0 spiro atoms. The molecule has 1 fully saturated rings. The van der Waals surface area contributed by atoms with Gasteiger partial charge in [-0.1, -0.05) is 29.0 Å². The maximum absolute atomic E-state index is 12.8. The van der Waals surface area contributed by atoms with Crippen LogP contribution in [0.25, 0.3) is 10.2 Å². The number of anilines is 1. The standard InChI is InChI=1S/C18H18ClN3O3S2/c1-25-15-3-2-4-16-17(15)20-18(26-16)21-9-11-22(12-10-21)27(23,24)14-7-5-13(19)6-8-14/h2-8H,9-12H2,1H3. The van der Waals surface area contributed by atoms with Crippen molar-refractivity contribution < 1.29 is 13.2 Å². The topological polar surface area (TPSA) is 62.7 Å². The number of rotatable bonds is 4. The number of para-hydroxylation sites is 1. The van der Waals surface area contributed by atoms with Crippen LogP contribution < -0.4 is 9.64 Å². The molecular formula is C18H18ClN3O3S2. The lowest BCUT2D eigenvalue weighted by Crippen LogP contribution is -2.48. The van der Waals surface area contributed by atoms with Gasteiger partial charge in [0, 0.05) is 31.2 Å². The predicted molar refractivity (Wildman–Crippen MR) is 109 cm³/mol. The predicted octanol–water partition coefficient (Wildman–Crippen LogP) is 3.47. The molecule has 3 aromatic rings. The van der Waals surface area contributed by atoms with Crippen molar-refractivity contribution in [2.24, 2.45) is 0 Å². The lowest BCUT2D eigenvalue weighted by molar-refractivity contribution is 0.385. The highest BCUT2D eigenvalue weighted by molar-refractivity contribution is 7.89. The molecule has 0 amide bonds. The summed E-state index contributed by atoms with van der Waals surface area (Å²) in [5.74, 6) is 0.749. The normalized spacial score (nSPS) is 16.0. The van der Waals surface area contributed by atoms with Gasteiger partial charge >= 0.3 is 0 Å². The second kappa shape index (κ2) is 7.27. The quantitative estimate of drug-likeness (QED) is 0.643. The first-order chi connectivity index (χ1) is 13.0. The number of hydrogen-bond donors (Lipinski definition) is 0. The minimum Gasteiger partial charge on any atom is -0.494 e. The van der Waals surface area contributed by atoms with Gasteiger partial charge in [-0.05, 0) is 36.4 Å². The number of ether oxygens (including phenoxy) is 1. The van der Waals surface area contributed by atoms with Crippen molar-refractivity contribution in [2.75, 3.05) is 38.2 Å². The van der Waals surface area contributed by atoms with E-state index in [2.05, 4.69) is 4.90 Å². The van der Waals surface area contributed by atoms with Crippen LogP contribution in [0.15, 0.2) is 47.4 Å². The van der Waals surface area contributed by atoms with E-state index >= 15 is 0 Å². The van der Waals surface area contributed by atoms with Gasteiger partial charge in [-0.15, -0.1) is 0 Å². The second-order valence-corrected chi connectivity index (χ2v) is 9.53. The lowest BCUT2D eigenvalue weighted by Gasteiger charge is -2.33. The molecule has 1 saturated heterocycles. The summed E-state index contributed by atoms with van der Waals surface area (Å²) in [6.45, 7) is 2.01. The SMILES string of the molecule is COc1cccc2sc(N3CCN(S(=O)(=O)c4ccc(Cl)cc4)CC3)nc12. The van der Waals surface area contributed by atoms with Crippen LogP contribution in [0.2, 0.25) is 5.02 Å². The van der Waals surface area contributed by atoms with Crippen LogP contribution in [-0.4, -0.2) is 51.0 Å². The van der Waals surface area contributed by atoms with Gasteiger partial charge in [0.2, 0.25) is 10.0 Å². The number of nitrogens with zero attached hydrogens (tertiary/aromatic N) is 3. The van der Waals surface area contributed by atoms with E-state index in [0.29, 0.717) is 31.2 Å². The van der Waals surface area contributed by atoms with E-state index in [1.807, 2.05) is 18.2 Å². The Morgan fingerprint density at radius 1 is 1.07 bits per heavy atom. The molecule has 27 heavy (non-hydrogen) atoms. The Balaban J connectivity index is 1.51. The third kappa shape index (κ3) is 3.50. The van der Waals surface area contributed by atoms with Gasteiger partial charge in [0.25, 0.3) is 0 Å². The zero-order chi connectivity index (χ0) is 19.0. The van der Waals surface area contributed by atoms with Gasteiger partial charge in [-0.25, -0.2) is 13.4 Å². The van der Waals surface area contributed by atoms with E-state index in [1.165, 1.54) is 4.31 Å². The zero-order valence-corrected chi connectivity index (χ0v) is 17.0. The van der Waals surface area contributed by atoms with Crippen molar-refractivity contribution in [3.05, 3.63) is 47.5 Å². The molecule has 0 bridgehead atoms. The molecule has 2 aromatic carbocycles. The summed E-state index contributed by atoms with van der Waals surface area (Å²) in [4.78, 5) is 7.09. The van der Waals surface area contributed by atoms with Gasteiger partial charge in [-0.2, -0.15) is 4.31 Å². The van der Waals surface area contributed by atoms with Crippen molar-refractivity contribution in [2.45, 2.75) is 4.90 Å². The number of benzene rings is 2. The summed E-state index contributed by atoms with van der Waals surface area (Å²) in [6, 6.07) is 12.1. The average Bonchev–Trinajstić information content (AvgIpc) is 3.13. The molecule has 4 rings (SSSR count). The second-order valence-electron chi connectivity index (χ2n) is 6.15. The van der Waals surface area contributed by atoms with Crippen molar-refractivity contribution >= 4 is 48.3 Å². The number of halogens is 1. The van der Waals surface area contributed by atoms with Gasteiger partial charge < -0.3 is 9.64 Å². The summed E-state index contributed by atoms with van der Waals surface area (Å²) >= 11 is 7.45. The molecule has 0 saturated carbocycles. The number of hydrogen-bond acceptors (Lipinski definition) is 6. The molecule has 1 aliphatic heterocycles. The molecule has 0 atom stereocenters. The molecule has 6 nitrogen and oxygen atoms in total. The van der Waals surface area contributed by atoms with Gasteiger partial charge in [-0.3, -0.25) is 0 Å². The fourth-order valence-corrected chi connectivity index (χ4v) is 5.67. The van der Waals surface area contributed by atoms with Crippen LogP contribution in [0.1, 0.15) is 0 Å². The highest BCUT2D eigenvalue weighted by Crippen LogP contribution is 2.34. The molecule has 0 N–H and O–H groups in total. The Morgan fingerprint density at radius 2 is 1.78 bits per heavy atom. The highest BCUT2D eigenvalue weighted by Gasteiger charge is 2.29. The summed E-state index contributed by atoms with van der Waals surface area (Å²) in [6.07, 6.45) is 0. The lowest BCUT2D eigenvalue weighted by atomic mass is 10.3. The van der Waals surface area contributed by atoms with Crippen LogP contribution >= 0.6 is 22.9 Å². The number of fused-ring (bicyclic) bond motifs is 1. The van der Waals surface area contributed by atoms with Gasteiger partial charge in [0.1, 0.15) is 11.3 Å². The summed E-state index contributed by atoms with van der Waals surface area (Å²) in [5.41, 5.74) is 0.844. The number of sulfonamides is 1. The van der Waals surface area contributed by atoms with Crippen molar-refractivity contribution in [3.8, 4) is 5.75 Å². The van der Waals surface area contributed by atoms with E-state index in [9.17, 15) is 8.42 Å². The minimum atomic E-state index is -3.51. The van der Waals surface area contributed by atoms with Crippen molar-refractivity contribution in [3.63, 3.8) is 0 Å². The van der Waals surface area contributed by atoms with E-state index in [1.54, 1.807) is 42.7 Å². The Hall–Kier alpha value is -1.87. The van der Waals surface area contributed by atoms with E-state index < -0.39 is 10.0 Å². The first-order valence-electron chi connectivity index (χ1n) is 8.43. The van der Waals surface area contributed by atoms with Crippen LogP contribution in [0, 0.1) is 0 Å². The number of piperazine rings is 1. The van der Waals surface area contributed by atoms with Gasteiger partial charge in [0.05, 0.1) is 16.7 Å². The Bertz CT molecular complexity index is 1060.